The summed E-state index contributed by atoms with van der Waals surface area (Å²) in [5.41, 5.74) is 3.78. The van der Waals surface area contributed by atoms with E-state index in [1.807, 2.05) is 43.5 Å². The number of aromatic nitrogens is 3. The Bertz CT molecular complexity index is 1310. The van der Waals surface area contributed by atoms with Gasteiger partial charge in [0.1, 0.15) is 0 Å². The molecule has 1 aromatic heterocycles. The van der Waals surface area contributed by atoms with E-state index in [0.717, 1.165) is 26.9 Å². The highest BCUT2D eigenvalue weighted by Crippen LogP contribution is 2.28. The molecule has 37 heavy (non-hydrogen) atoms. The van der Waals surface area contributed by atoms with Gasteiger partial charge in [0.15, 0.2) is 22.5 Å². The fourth-order valence-electron chi connectivity index (χ4n) is 3.42. The van der Waals surface area contributed by atoms with Crippen molar-refractivity contribution in [2.45, 2.75) is 39.0 Å². The maximum atomic E-state index is 12.5. The number of aryl methyl sites for hydroxylation is 2. The Morgan fingerprint density at radius 1 is 1.08 bits per heavy atom. The SMILES string of the molecule is CCn1c(CNC(=O)C=Cc2ccc(OC)c(OC)c2)nnc1SCC(=O)Nc1cc(C)c(C)cc1Br. The monoisotopic (exact) mass is 587 g/mol. The number of carbonyl (C=O) groups excluding carboxylic acids is 2. The molecule has 2 aromatic carbocycles. The van der Waals surface area contributed by atoms with E-state index in [1.54, 1.807) is 32.4 Å². The summed E-state index contributed by atoms with van der Waals surface area (Å²) in [6, 6.07) is 9.32. The molecular weight excluding hydrogens is 558 g/mol. The zero-order valence-electron chi connectivity index (χ0n) is 21.4. The second-order valence-corrected chi connectivity index (χ2v) is 9.86. The van der Waals surface area contributed by atoms with Gasteiger partial charge in [-0.1, -0.05) is 17.8 Å². The van der Waals surface area contributed by atoms with Gasteiger partial charge in [0.2, 0.25) is 11.8 Å². The first kappa shape index (κ1) is 28.3. The number of carbonyl (C=O) groups is 2. The lowest BCUT2D eigenvalue weighted by Gasteiger charge is -2.11. The number of benzene rings is 2. The van der Waals surface area contributed by atoms with Crippen LogP contribution < -0.4 is 20.1 Å². The molecule has 0 atom stereocenters. The lowest BCUT2D eigenvalue weighted by atomic mass is 10.1. The molecule has 0 bridgehead atoms. The molecule has 0 aliphatic carbocycles. The Balaban J connectivity index is 1.55. The zero-order chi connectivity index (χ0) is 26.9. The van der Waals surface area contributed by atoms with Crippen molar-refractivity contribution in [3.05, 3.63) is 63.4 Å². The van der Waals surface area contributed by atoms with Crippen LogP contribution in [0.2, 0.25) is 0 Å². The van der Waals surface area contributed by atoms with Gasteiger partial charge in [-0.25, -0.2) is 0 Å². The molecule has 0 unspecified atom stereocenters. The third-order valence-electron chi connectivity index (χ3n) is 5.56. The molecule has 0 spiro atoms. The largest absolute Gasteiger partial charge is 0.493 e. The number of hydrogen-bond donors (Lipinski definition) is 2. The number of methoxy groups -OCH3 is 2. The van der Waals surface area contributed by atoms with Crippen molar-refractivity contribution in [1.82, 2.24) is 20.1 Å². The molecule has 1 heterocycles. The Morgan fingerprint density at radius 3 is 2.51 bits per heavy atom. The Labute approximate surface area is 229 Å². The molecule has 0 radical (unpaired) electrons. The summed E-state index contributed by atoms with van der Waals surface area (Å²) in [6.45, 7) is 6.79. The van der Waals surface area contributed by atoms with Gasteiger partial charge < -0.3 is 24.7 Å². The number of amides is 2. The maximum absolute atomic E-state index is 12.5. The number of nitrogens with zero attached hydrogens (tertiary/aromatic N) is 3. The second kappa shape index (κ2) is 13.3. The highest BCUT2D eigenvalue weighted by atomic mass is 79.9. The van der Waals surface area contributed by atoms with Gasteiger partial charge in [0.05, 0.1) is 32.2 Å². The summed E-state index contributed by atoms with van der Waals surface area (Å²) in [4.78, 5) is 24.9. The van der Waals surface area contributed by atoms with Crippen LogP contribution in [-0.4, -0.2) is 46.6 Å². The van der Waals surface area contributed by atoms with Crippen LogP contribution in [0.25, 0.3) is 6.08 Å². The van der Waals surface area contributed by atoms with Crippen molar-refractivity contribution in [3.8, 4) is 11.5 Å². The predicted molar refractivity (Wildman–Crippen MR) is 149 cm³/mol. The van der Waals surface area contributed by atoms with E-state index in [1.165, 1.54) is 17.8 Å². The van der Waals surface area contributed by atoms with Crippen LogP contribution in [0.1, 0.15) is 29.4 Å². The molecule has 0 aliphatic heterocycles. The lowest BCUT2D eigenvalue weighted by Crippen LogP contribution is -2.22. The zero-order valence-corrected chi connectivity index (χ0v) is 23.8. The second-order valence-electron chi connectivity index (χ2n) is 8.06. The molecular formula is C26H30BrN5O4S. The molecule has 9 nitrogen and oxygen atoms in total. The molecule has 11 heteroatoms. The maximum Gasteiger partial charge on any atom is 0.244 e. The minimum atomic E-state index is -0.270. The minimum absolute atomic E-state index is 0.144. The fourth-order valence-corrected chi connectivity index (χ4v) is 4.80. The van der Waals surface area contributed by atoms with E-state index < -0.39 is 0 Å². The number of rotatable bonds is 11. The number of thioether (sulfide) groups is 1. The van der Waals surface area contributed by atoms with Gasteiger partial charge in [0.25, 0.3) is 0 Å². The van der Waals surface area contributed by atoms with Crippen LogP contribution in [0.5, 0.6) is 11.5 Å². The summed E-state index contributed by atoms with van der Waals surface area (Å²) in [5, 5.41) is 14.8. The van der Waals surface area contributed by atoms with Crippen LogP contribution >= 0.6 is 27.7 Å². The predicted octanol–water partition coefficient (Wildman–Crippen LogP) is 4.75. The smallest absolute Gasteiger partial charge is 0.244 e. The van der Waals surface area contributed by atoms with Crippen molar-refractivity contribution >= 4 is 51.3 Å². The molecule has 0 saturated carbocycles. The molecule has 0 fully saturated rings. The lowest BCUT2D eigenvalue weighted by molar-refractivity contribution is -0.116. The summed E-state index contributed by atoms with van der Waals surface area (Å²) in [6.07, 6.45) is 3.13. The van der Waals surface area contributed by atoms with Crippen molar-refractivity contribution in [1.29, 1.82) is 0 Å². The van der Waals surface area contributed by atoms with Crippen LogP contribution in [-0.2, 0) is 22.7 Å². The molecule has 3 rings (SSSR count). The van der Waals surface area contributed by atoms with Crippen molar-refractivity contribution in [2.75, 3.05) is 25.3 Å². The third-order valence-corrected chi connectivity index (χ3v) is 7.18. The Morgan fingerprint density at radius 2 is 1.81 bits per heavy atom. The molecule has 3 aromatic rings. The highest BCUT2D eigenvalue weighted by molar-refractivity contribution is 9.10. The van der Waals surface area contributed by atoms with Gasteiger partial charge in [0, 0.05) is 17.1 Å². The van der Waals surface area contributed by atoms with Gasteiger partial charge >= 0.3 is 0 Å². The van der Waals surface area contributed by atoms with Gasteiger partial charge in [-0.05, 0) is 83.7 Å². The summed E-state index contributed by atoms with van der Waals surface area (Å²) in [5.74, 6) is 1.57. The van der Waals surface area contributed by atoms with Crippen molar-refractivity contribution in [2.24, 2.45) is 0 Å². The average molecular weight is 589 g/mol. The summed E-state index contributed by atoms with van der Waals surface area (Å²) in [7, 11) is 3.13. The van der Waals surface area contributed by atoms with E-state index in [9.17, 15) is 9.59 Å². The Hall–Kier alpha value is -3.31. The molecule has 0 saturated heterocycles. The number of anilines is 1. The van der Waals surface area contributed by atoms with Gasteiger partial charge in [-0.15, -0.1) is 10.2 Å². The molecule has 2 amide bonds. The van der Waals surface area contributed by atoms with Crippen LogP contribution in [0.15, 0.2) is 46.0 Å². The third kappa shape index (κ3) is 7.59. The van der Waals surface area contributed by atoms with E-state index in [0.29, 0.717) is 29.0 Å². The van der Waals surface area contributed by atoms with E-state index >= 15 is 0 Å². The van der Waals surface area contributed by atoms with Gasteiger partial charge in [-0.3, -0.25) is 9.59 Å². The minimum Gasteiger partial charge on any atom is -0.493 e. The van der Waals surface area contributed by atoms with Crippen LogP contribution in [0.3, 0.4) is 0 Å². The standard InChI is InChI=1S/C26H30BrN5O4S/c1-6-32-23(14-28-24(33)10-8-18-7-9-21(35-4)22(13-18)36-5)30-31-26(32)37-15-25(34)29-20-12-17(3)16(2)11-19(20)27/h7-13H,6,14-15H2,1-5H3,(H,28,33)(H,29,34). The molecule has 196 valence electrons. The first-order chi connectivity index (χ1) is 17.7. The first-order valence-electron chi connectivity index (χ1n) is 11.5. The summed E-state index contributed by atoms with van der Waals surface area (Å²) < 4.78 is 13.2. The van der Waals surface area contributed by atoms with Crippen molar-refractivity contribution in [3.63, 3.8) is 0 Å². The van der Waals surface area contributed by atoms with E-state index in [4.69, 9.17) is 9.47 Å². The quantitative estimate of drug-likeness (QED) is 0.246. The number of hydrogen-bond acceptors (Lipinski definition) is 7. The van der Waals surface area contributed by atoms with Crippen LogP contribution in [0, 0.1) is 13.8 Å². The first-order valence-corrected chi connectivity index (χ1v) is 13.3. The topological polar surface area (TPSA) is 107 Å². The number of ether oxygens (including phenoxy) is 2. The average Bonchev–Trinajstić information content (AvgIpc) is 3.29. The normalized spacial score (nSPS) is 11.0. The van der Waals surface area contributed by atoms with Crippen LogP contribution in [0.4, 0.5) is 5.69 Å². The van der Waals surface area contributed by atoms with Gasteiger partial charge in [-0.2, -0.15) is 0 Å². The Kier molecular flexibility index (Phi) is 10.2. The van der Waals surface area contributed by atoms with Crippen molar-refractivity contribution < 1.29 is 19.1 Å². The number of halogens is 1. The summed E-state index contributed by atoms with van der Waals surface area (Å²) >= 11 is 4.79. The highest BCUT2D eigenvalue weighted by Gasteiger charge is 2.15. The molecule has 2 N–H and O–H groups in total. The fraction of sp³-hybridized carbons (Fsp3) is 0.308. The van der Waals surface area contributed by atoms with E-state index in [-0.39, 0.29) is 24.1 Å². The molecule has 0 aliphatic rings. The number of nitrogens with one attached hydrogen (secondary N) is 2. The van der Waals surface area contributed by atoms with E-state index in [2.05, 4.69) is 36.8 Å².